The molecular formula is C6H6F7N. The van der Waals surface area contributed by atoms with E-state index in [0.29, 0.717) is 6.92 Å². The van der Waals surface area contributed by atoms with Crippen LogP contribution in [0.1, 0.15) is 6.92 Å². The Kier molecular flexibility index (Phi) is 3.54. The minimum Gasteiger partial charge on any atom is -0.199 e. The second kappa shape index (κ2) is 3.76. The molecule has 0 aromatic heterocycles. The van der Waals surface area contributed by atoms with E-state index in [-0.39, 0.29) is 0 Å². The number of rotatable bonds is 3. The van der Waals surface area contributed by atoms with Crippen LogP contribution in [-0.2, 0) is 0 Å². The van der Waals surface area contributed by atoms with Crippen LogP contribution in [0.25, 0.3) is 0 Å². The van der Waals surface area contributed by atoms with E-state index in [0.717, 1.165) is 0 Å². The van der Waals surface area contributed by atoms with Gasteiger partial charge in [0.1, 0.15) is 0 Å². The molecule has 0 radical (unpaired) electrons. The molecule has 0 saturated carbocycles. The van der Waals surface area contributed by atoms with Crippen LogP contribution in [0, 0.1) is 0 Å². The SMILES string of the molecule is C=C(C)C(F)(F)C(N(F)F)C(F)(F)F. The molecule has 84 valence electrons. The summed E-state index contributed by atoms with van der Waals surface area (Å²) < 4.78 is 83.9. The second-order valence-electron chi connectivity index (χ2n) is 2.61. The van der Waals surface area contributed by atoms with Crippen molar-refractivity contribution in [1.29, 1.82) is 0 Å². The average molecular weight is 225 g/mol. The molecule has 1 unspecified atom stereocenters. The molecule has 0 N–H and O–H groups in total. The number of alkyl halides is 5. The van der Waals surface area contributed by atoms with Gasteiger partial charge in [0.25, 0.3) is 5.92 Å². The van der Waals surface area contributed by atoms with Crippen LogP contribution < -0.4 is 0 Å². The van der Waals surface area contributed by atoms with E-state index in [4.69, 9.17) is 0 Å². The first-order chi connectivity index (χ1) is 6.01. The lowest BCUT2D eigenvalue weighted by Gasteiger charge is -2.28. The maximum atomic E-state index is 12.6. The lowest BCUT2D eigenvalue weighted by atomic mass is 10.0. The first kappa shape index (κ1) is 13.2. The van der Waals surface area contributed by atoms with Gasteiger partial charge in [0.15, 0.2) is 0 Å². The van der Waals surface area contributed by atoms with E-state index in [2.05, 4.69) is 6.58 Å². The van der Waals surface area contributed by atoms with Crippen LogP contribution in [0.15, 0.2) is 12.2 Å². The van der Waals surface area contributed by atoms with Crippen molar-refractivity contribution in [3.8, 4) is 0 Å². The predicted molar refractivity (Wildman–Crippen MR) is 33.7 cm³/mol. The largest absolute Gasteiger partial charge is 0.415 e. The number of nitrogens with zero attached hydrogens (tertiary/aromatic N) is 1. The topological polar surface area (TPSA) is 3.24 Å². The molecule has 0 rings (SSSR count). The molecule has 0 amide bonds. The summed E-state index contributed by atoms with van der Waals surface area (Å²) in [6, 6.07) is -4.16. The van der Waals surface area contributed by atoms with E-state index >= 15 is 0 Å². The third kappa shape index (κ3) is 2.60. The number of halogens is 7. The summed E-state index contributed by atoms with van der Waals surface area (Å²) in [7, 11) is 0. The fourth-order valence-corrected chi connectivity index (χ4v) is 0.672. The Morgan fingerprint density at radius 1 is 1.14 bits per heavy atom. The smallest absolute Gasteiger partial charge is 0.199 e. The molecule has 14 heavy (non-hydrogen) atoms. The monoisotopic (exact) mass is 225 g/mol. The molecule has 0 aliphatic rings. The molecule has 0 aliphatic heterocycles. The van der Waals surface area contributed by atoms with E-state index in [1.54, 1.807) is 0 Å². The van der Waals surface area contributed by atoms with Gasteiger partial charge in [-0.05, 0) is 12.5 Å². The molecule has 0 aliphatic carbocycles. The minimum absolute atomic E-state index is 0.544. The maximum Gasteiger partial charge on any atom is 0.415 e. The van der Waals surface area contributed by atoms with Crippen LogP contribution in [0.2, 0.25) is 0 Å². The lowest BCUT2D eigenvalue weighted by Crippen LogP contribution is -2.51. The Bertz CT molecular complexity index is 219. The van der Waals surface area contributed by atoms with Crippen molar-refractivity contribution in [3.63, 3.8) is 0 Å². The third-order valence-electron chi connectivity index (χ3n) is 1.42. The first-order valence-corrected chi connectivity index (χ1v) is 3.22. The van der Waals surface area contributed by atoms with Crippen molar-refractivity contribution in [2.45, 2.75) is 25.1 Å². The highest BCUT2D eigenvalue weighted by Gasteiger charge is 2.61. The predicted octanol–water partition coefficient (Wildman–Crippen LogP) is 3.20. The Morgan fingerprint density at radius 3 is 1.57 bits per heavy atom. The zero-order valence-electron chi connectivity index (χ0n) is 6.88. The summed E-state index contributed by atoms with van der Waals surface area (Å²) >= 11 is 0. The van der Waals surface area contributed by atoms with Gasteiger partial charge in [-0.25, -0.2) is 0 Å². The van der Waals surface area contributed by atoms with Crippen molar-refractivity contribution in [1.82, 2.24) is 5.34 Å². The van der Waals surface area contributed by atoms with E-state index in [9.17, 15) is 30.9 Å². The summed E-state index contributed by atoms with van der Waals surface area (Å²) in [5.74, 6) is -4.72. The van der Waals surface area contributed by atoms with Crippen molar-refractivity contribution >= 4 is 0 Å². The highest BCUT2D eigenvalue weighted by molar-refractivity contribution is 5.10. The van der Waals surface area contributed by atoms with Crippen molar-refractivity contribution < 1.29 is 30.9 Å². The standard InChI is InChI=1S/C6H6F7N/c1-3(2)5(7,8)4(14(12)13)6(9,10)11/h4H,1H2,2H3. The van der Waals surface area contributed by atoms with Crippen molar-refractivity contribution in [2.75, 3.05) is 0 Å². The number of hydrogen-bond donors (Lipinski definition) is 0. The highest BCUT2D eigenvalue weighted by Crippen LogP contribution is 2.40. The van der Waals surface area contributed by atoms with Gasteiger partial charge in [0.2, 0.25) is 6.04 Å². The second-order valence-corrected chi connectivity index (χ2v) is 2.61. The Balaban J connectivity index is 5.13. The maximum absolute atomic E-state index is 12.6. The summed E-state index contributed by atoms with van der Waals surface area (Å²) in [6.07, 6.45) is -5.73. The average Bonchev–Trinajstić information content (AvgIpc) is 1.79. The summed E-state index contributed by atoms with van der Waals surface area (Å²) in [5, 5.41) is -2.56. The zero-order valence-corrected chi connectivity index (χ0v) is 6.88. The molecule has 0 spiro atoms. The van der Waals surface area contributed by atoms with Gasteiger partial charge in [-0.1, -0.05) is 6.58 Å². The summed E-state index contributed by atoms with van der Waals surface area (Å²) in [5.41, 5.74) is -1.28. The van der Waals surface area contributed by atoms with E-state index in [1.165, 1.54) is 0 Å². The normalized spacial score (nSPS) is 15.8. The molecule has 0 aromatic carbocycles. The van der Waals surface area contributed by atoms with E-state index < -0.39 is 29.1 Å². The highest BCUT2D eigenvalue weighted by atomic mass is 19.4. The molecular weight excluding hydrogens is 219 g/mol. The van der Waals surface area contributed by atoms with Crippen LogP contribution in [0.4, 0.5) is 30.9 Å². The van der Waals surface area contributed by atoms with Gasteiger partial charge in [-0.3, -0.25) is 0 Å². The van der Waals surface area contributed by atoms with Gasteiger partial charge in [-0.15, -0.1) is 8.96 Å². The molecule has 1 atom stereocenters. The van der Waals surface area contributed by atoms with Crippen molar-refractivity contribution in [3.05, 3.63) is 12.2 Å². The van der Waals surface area contributed by atoms with Crippen LogP contribution in [-0.4, -0.2) is 23.5 Å². The molecule has 0 bridgehead atoms. The molecule has 8 heteroatoms. The van der Waals surface area contributed by atoms with Gasteiger partial charge < -0.3 is 0 Å². The summed E-state index contributed by atoms with van der Waals surface area (Å²) in [6.45, 7) is 3.08. The van der Waals surface area contributed by atoms with Crippen LogP contribution in [0.3, 0.4) is 0 Å². The first-order valence-electron chi connectivity index (χ1n) is 3.22. The minimum atomic E-state index is -5.73. The quantitative estimate of drug-likeness (QED) is 0.405. The van der Waals surface area contributed by atoms with Gasteiger partial charge in [0.05, 0.1) is 0 Å². The molecule has 1 nitrogen and oxygen atoms in total. The molecule has 0 fully saturated rings. The molecule has 0 heterocycles. The zero-order chi connectivity index (χ0) is 11.7. The van der Waals surface area contributed by atoms with Gasteiger partial charge in [0, 0.05) is 5.34 Å². The number of hydrogen-bond acceptors (Lipinski definition) is 1. The van der Waals surface area contributed by atoms with Crippen molar-refractivity contribution in [2.24, 2.45) is 0 Å². The lowest BCUT2D eigenvalue weighted by molar-refractivity contribution is -0.325. The Morgan fingerprint density at radius 2 is 1.50 bits per heavy atom. The van der Waals surface area contributed by atoms with Crippen LogP contribution in [0.5, 0.6) is 0 Å². The summed E-state index contributed by atoms with van der Waals surface area (Å²) in [4.78, 5) is 0. The van der Waals surface area contributed by atoms with Gasteiger partial charge >= 0.3 is 6.18 Å². The van der Waals surface area contributed by atoms with Crippen LogP contribution >= 0.6 is 0 Å². The molecule has 0 saturated heterocycles. The Labute approximate surface area is 74.7 Å². The third-order valence-corrected chi connectivity index (χ3v) is 1.42. The Hall–Kier alpha value is -0.790. The fourth-order valence-electron chi connectivity index (χ4n) is 0.672. The molecule has 0 aromatic rings. The van der Waals surface area contributed by atoms with E-state index in [1.807, 2.05) is 0 Å². The van der Waals surface area contributed by atoms with Gasteiger partial charge in [-0.2, -0.15) is 22.0 Å². The fraction of sp³-hybridized carbons (Fsp3) is 0.667.